The summed E-state index contributed by atoms with van der Waals surface area (Å²) in [7, 11) is -2.57. The van der Waals surface area contributed by atoms with E-state index in [1.54, 1.807) is 0 Å². The van der Waals surface area contributed by atoms with E-state index in [1.807, 2.05) is 32.1 Å². The number of aliphatic hydroxyl groups is 1. The first-order chi connectivity index (χ1) is 14.1. The van der Waals surface area contributed by atoms with Crippen LogP contribution < -0.4 is 10.4 Å². The van der Waals surface area contributed by atoms with Crippen LogP contribution in [0.3, 0.4) is 0 Å². The Kier molecular flexibility index (Phi) is 8.36. The fraction of sp³-hybridized carbons (Fsp3) is 0.423. The third-order valence-electron chi connectivity index (χ3n) is 5.58. The quantitative estimate of drug-likeness (QED) is 0.477. The molecule has 0 amide bonds. The maximum Gasteiger partial charge on any atom is 0.261 e. The lowest BCUT2D eigenvalue weighted by Crippen LogP contribution is -2.66. The number of benzene rings is 2. The van der Waals surface area contributed by atoms with Gasteiger partial charge < -0.3 is 9.53 Å². The van der Waals surface area contributed by atoms with E-state index in [0.717, 1.165) is 5.57 Å². The van der Waals surface area contributed by atoms with Crippen molar-refractivity contribution in [3.8, 4) is 0 Å². The van der Waals surface area contributed by atoms with Crippen LogP contribution in [0.2, 0.25) is 5.04 Å². The van der Waals surface area contributed by atoms with Gasteiger partial charge in [0.25, 0.3) is 8.32 Å². The van der Waals surface area contributed by atoms with E-state index < -0.39 is 14.4 Å². The summed E-state index contributed by atoms with van der Waals surface area (Å²) in [5.41, 5.74) is 1.07. The number of hydrogen-bond acceptors (Lipinski definition) is 3. The first-order valence-electron chi connectivity index (χ1n) is 10.7. The van der Waals surface area contributed by atoms with Crippen LogP contribution in [0.5, 0.6) is 0 Å². The van der Waals surface area contributed by atoms with Crippen molar-refractivity contribution in [2.75, 3.05) is 6.61 Å². The zero-order valence-electron chi connectivity index (χ0n) is 19.2. The minimum Gasteiger partial charge on any atom is -0.403 e. The van der Waals surface area contributed by atoms with E-state index >= 15 is 0 Å². The molecule has 0 aromatic heterocycles. The number of hydrogen-bond donors (Lipinski definition) is 1. The van der Waals surface area contributed by atoms with E-state index in [4.69, 9.17) is 4.43 Å². The van der Waals surface area contributed by atoms with Crippen LogP contribution in [-0.4, -0.2) is 31.9 Å². The Morgan fingerprint density at radius 2 is 1.47 bits per heavy atom. The number of rotatable bonds is 9. The van der Waals surface area contributed by atoms with Crippen LogP contribution in [0.4, 0.5) is 0 Å². The van der Waals surface area contributed by atoms with Gasteiger partial charge in [-0.3, -0.25) is 4.79 Å². The molecule has 0 radical (unpaired) electrons. The molecular formula is C26H36O3Si. The van der Waals surface area contributed by atoms with E-state index in [0.29, 0.717) is 6.61 Å². The zero-order chi connectivity index (χ0) is 22.4. The van der Waals surface area contributed by atoms with Gasteiger partial charge in [-0.1, -0.05) is 100 Å². The van der Waals surface area contributed by atoms with Gasteiger partial charge in [-0.2, -0.15) is 0 Å². The molecule has 0 fully saturated rings. The molecule has 2 aromatic rings. The van der Waals surface area contributed by atoms with Crippen LogP contribution in [-0.2, 0) is 9.22 Å². The molecule has 0 saturated heterocycles. The van der Waals surface area contributed by atoms with Gasteiger partial charge in [0.1, 0.15) is 5.78 Å². The van der Waals surface area contributed by atoms with Gasteiger partial charge in [-0.15, -0.1) is 0 Å². The van der Waals surface area contributed by atoms with E-state index in [9.17, 15) is 9.90 Å². The summed E-state index contributed by atoms with van der Waals surface area (Å²) in [5.74, 6) is -0.0966. The normalized spacial score (nSPS) is 15.0. The fourth-order valence-electron chi connectivity index (χ4n) is 4.07. The average molecular weight is 425 g/mol. The summed E-state index contributed by atoms with van der Waals surface area (Å²) in [6.45, 7) is 12.8. The highest BCUT2D eigenvalue weighted by atomic mass is 28.4. The molecule has 2 rings (SSSR count). The highest BCUT2D eigenvalue weighted by Gasteiger charge is 2.50. The first-order valence-corrected chi connectivity index (χ1v) is 12.6. The number of ketones is 1. The molecule has 4 heteroatoms. The van der Waals surface area contributed by atoms with Crippen LogP contribution in [0, 0.1) is 5.92 Å². The summed E-state index contributed by atoms with van der Waals surface area (Å²) in [4.78, 5) is 11.3. The van der Waals surface area contributed by atoms with Crippen molar-refractivity contribution in [1.29, 1.82) is 0 Å². The van der Waals surface area contributed by atoms with E-state index in [2.05, 4.69) is 69.3 Å². The molecule has 30 heavy (non-hydrogen) atoms. The topological polar surface area (TPSA) is 46.5 Å². The Morgan fingerprint density at radius 1 is 1.00 bits per heavy atom. The Bertz CT molecular complexity index is 798. The minimum atomic E-state index is -2.57. The molecule has 2 atom stereocenters. The fourth-order valence-corrected chi connectivity index (χ4v) is 8.67. The zero-order valence-corrected chi connectivity index (χ0v) is 20.2. The van der Waals surface area contributed by atoms with Crippen molar-refractivity contribution in [2.45, 2.75) is 59.1 Å². The van der Waals surface area contributed by atoms with E-state index in [-0.39, 0.29) is 23.2 Å². The largest absolute Gasteiger partial charge is 0.403 e. The predicted octanol–water partition coefficient (Wildman–Crippen LogP) is 4.49. The number of carbonyl (C=O) groups is 1. The number of aliphatic hydroxyl groups excluding tert-OH is 1. The summed E-state index contributed by atoms with van der Waals surface area (Å²) >= 11 is 0. The SMILES string of the molecule is CC(=O)C[C@@H](O)[C@H](C)/C=C(\C)CO[Si](c1ccccc1)(c1ccccc1)C(C)(C)C. The van der Waals surface area contributed by atoms with Crippen LogP contribution in [0.15, 0.2) is 72.3 Å². The summed E-state index contributed by atoms with van der Waals surface area (Å²) < 4.78 is 6.91. The second kappa shape index (κ2) is 10.3. The maximum absolute atomic E-state index is 11.3. The standard InChI is InChI=1S/C26H36O3Si/c1-20(17-21(2)25(28)18-22(3)27)19-29-30(26(4,5)6,23-13-9-7-10-14-23)24-15-11-8-12-16-24/h7-17,21,25,28H,18-19H2,1-6H3/b20-17+/t21-,25-/m1/s1. The van der Waals surface area contributed by atoms with Gasteiger partial charge in [-0.05, 0) is 29.3 Å². The van der Waals surface area contributed by atoms with Crippen molar-refractivity contribution in [3.63, 3.8) is 0 Å². The Morgan fingerprint density at radius 3 is 1.87 bits per heavy atom. The summed E-state index contributed by atoms with van der Waals surface area (Å²) in [5, 5.41) is 12.7. The molecule has 0 heterocycles. The van der Waals surface area contributed by atoms with Gasteiger partial charge >= 0.3 is 0 Å². The predicted molar refractivity (Wildman–Crippen MR) is 128 cm³/mol. The minimum absolute atomic E-state index is 0.00367. The number of carbonyl (C=O) groups excluding carboxylic acids is 1. The van der Waals surface area contributed by atoms with Crippen molar-refractivity contribution in [1.82, 2.24) is 0 Å². The van der Waals surface area contributed by atoms with Gasteiger partial charge in [0.2, 0.25) is 0 Å². The van der Waals surface area contributed by atoms with Crippen molar-refractivity contribution < 1.29 is 14.3 Å². The van der Waals surface area contributed by atoms with Gasteiger partial charge in [0.15, 0.2) is 0 Å². The maximum atomic E-state index is 11.3. The smallest absolute Gasteiger partial charge is 0.261 e. The van der Waals surface area contributed by atoms with Gasteiger partial charge in [0, 0.05) is 12.3 Å². The second-order valence-corrected chi connectivity index (χ2v) is 13.6. The van der Waals surface area contributed by atoms with Crippen LogP contribution >= 0.6 is 0 Å². The van der Waals surface area contributed by atoms with Crippen molar-refractivity contribution >= 4 is 24.5 Å². The molecule has 0 aliphatic rings. The summed E-state index contributed by atoms with van der Waals surface area (Å²) in [6.07, 6.45) is 1.55. The highest BCUT2D eigenvalue weighted by Crippen LogP contribution is 2.37. The lowest BCUT2D eigenvalue weighted by molar-refractivity contribution is -0.119. The second-order valence-electron chi connectivity index (χ2n) is 9.30. The third-order valence-corrected chi connectivity index (χ3v) is 10.6. The van der Waals surface area contributed by atoms with Crippen molar-refractivity contribution in [3.05, 3.63) is 72.3 Å². The highest BCUT2D eigenvalue weighted by molar-refractivity contribution is 6.99. The number of Topliss-reactive ketones (excluding diaryl/α,β-unsaturated/α-hetero) is 1. The molecule has 0 aliphatic carbocycles. The molecule has 0 aliphatic heterocycles. The van der Waals surface area contributed by atoms with Gasteiger partial charge in [0.05, 0.1) is 12.7 Å². The molecular weight excluding hydrogens is 388 g/mol. The molecule has 2 aromatic carbocycles. The Balaban J connectivity index is 2.39. The molecule has 3 nitrogen and oxygen atoms in total. The lowest BCUT2D eigenvalue weighted by Gasteiger charge is -2.43. The average Bonchev–Trinajstić information content (AvgIpc) is 2.68. The van der Waals surface area contributed by atoms with Crippen molar-refractivity contribution in [2.24, 2.45) is 5.92 Å². The monoisotopic (exact) mass is 424 g/mol. The Hall–Kier alpha value is -2.01. The first kappa shape index (κ1) is 24.3. The lowest BCUT2D eigenvalue weighted by atomic mass is 9.98. The molecule has 1 N–H and O–H groups in total. The molecule has 0 bridgehead atoms. The molecule has 0 spiro atoms. The van der Waals surface area contributed by atoms with Crippen LogP contribution in [0.25, 0.3) is 0 Å². The van der Waals surface area contributed by atoms with Crippen LogP contribution in [0.1, 0.15) is 48.0 Å². The molecule has 0 saturated carbocycles. The Labute approximate surface area is 182 Å². The summed E-state index contributed by atoms with van der Waals surface area (Å²) in [6, 6.07) is 21.1. The molecule has 162 valence electrons. The van der Waals surface area contributed by atoms with Gasteiger partial charge in [-0.25, -0.2) is 0 Å². The molecule has 0 unspecified atom stereocenters. The third kappa shape index (κ3) is 5.78. The van der Waals surface area contributed by atoms with E-state index in [1.165, 1.54) is 17.3 Å².